The molecule has 0 bridgehead atoms. The first-order valence-electron chi connectivity index (χ1n) is 7.69. The molecule has 1 atom stereocenters. The summed E-state index contributed by atoms with van der Waals surface area (Å²) < 4.78 is 7.01. The zero-order valence-electron chi connectivity index (χ0n) is 13.5. The third-order valence-corrected chi connectivity index (χ3v) is 5.21. The van der Waals surface area contributed by atoms with Gasteiger partial charge < -0.3 is 15.0 Å². The SMILES string of the molecule is COc1ccccc1N1CC(C(=O)Nc2ccc(Br)cc2Br)CC1=O. The lowest BCUT2D eigenvalue weighted by molar-refractivity contribution is -0.122. The van der Waals surface area contributed by atoms with Crippen molar-refractivity contribution in [1.29, 1.82) is 0 Å². The van der Waals surface area contributed by atoms with E-state index in [1.807, 2.05) is 30.3 Å². The Morgan fingerprint density at radius 3 is 2.72 bits per heavy atom. The van der Waals surface area contributed by atoms with Gasteiger partial charge in [0.05, 0.1) is 24.4 Å². The van der Waals surface area contributed by atoms with Crippen molar-refractivity contribution in [1.82, 2.24) is 0 Å². The Hall–Kier alpha value is -1.86. The molecule has 1 fully saturated rings. The highest BCUT2D eigenvalue weighted by atomic mass is 79.9. The fourth-order valence-corrected chi connectivity index (χ4v) is 3.94. The van der Waals surface area contributed by atoms with Crippen LogP contribution in [0.5, 0.6) is 5.75 Å². The molecular formula is C18H16Br2N2O3. The Kier molecular flexibility index (Phi) is 5.44. The minimum atomic E-state index is -0.409. The van der Waals surface area contributed by atoms with E-state index in [1.54, 1.807) is 24.1 Å². The molecular weight excluding hydrogens is 452 g/mol. The maximum atomic E-state index is 12.6. The van der Waals surface area contributed by atoms with E-state index in [0.717, 1.165) is 8.95 Å². The van der Waals surface area contributed by atoms with E-state index in [4.69, 9.17) is 4.74 Å². The van der Waals surface area contributed by atoms with Crippen molar-refractivity contribution < 1.29 is 14.3 Å². The predicted octanol–water partition coefficient (Wildman–Crippen LogP) is 4.21. The third kappa shape index (κ3) is 3.88. The first-order chi connectivity index (χ1) is 12.0. The molecule has 25 heavy (non-hydrogen) atoms. The van der Waals surface area contributed by atoms with Gasteiger partial charge in [0.15, 0.2) is 0 Å². The molecule has 1 saturated heterocycles. The maximum Gasteiger partial charge on any atom is 0.229 e. The van der Waals surface area contributed by atoms with E-state index in [9.17, 15) is 9.59 Å². The van der Waals surface area contributed by atoms with E-state index in [0.29, 0.717) is 23.7 Å². The van der Waals surface area contributed by atoms with Crippen LogP contribution in [-0.2, 0) is 9.59 Å². The highest BCUT2D eigenvalue weighted by molar-refractivity contribution is 9.11. The molecule has 3 rings (SSSR count). The molecule has 2 amide bonds. The molecule has 7 heteroatoms. The Morgan fingerprint density at radius 2 is 2.00 bits per heavy atom. The molecule has 1 aliphatic rings. The van der Waals surface area contributed by atoms with Gasteiger partial charge in [-0.05, 0) is 46.3 Å². The van der Waals surface area contributed by atoms with Gasteiger partial charge in [-0.2, -0.15) is 0 Å². The van der Waals surface area contributed by atoms with Crippen LogP contribution in [0.25, 0.3) is 0 Å². The summed E-state index contributed by atoms with van der Waals surface area (Å²) in [7, 11) is 1.56. The van der Waals surface area contributed by atoms with Crippen LogP contribution in [0.1, 0.15) is 6.42 Å². The number of carbonyl (C=O) groups excluding carboxylic acids is 2. The summed E-state index contributed by atoms with van der Waals surface area (Å²) in [4.78, 5) is 26.6. The molecule has 2 aromatic rings. The van der Waals surface area contributed by atoms with Crippen molar-refractivity contribution in [2.75, 3.05) is 23.9 Å². The van der Waals surface area contributed by atoms with E-state index in [1.165, 1.54) is 0 Å². The number of nitrogens with one attached hydrogen (secondary N) is 1. The first kappa shape index (κ1) is 17.9. The number of carbonyl (C=O) groups is 2. The van der Waals surface area contributed by atoms with Crippen molar-refractivity contribution in [3.8, 4) is 5.75 Å². The van der Waals surface area contributed by atoms with Crippen LogP contribution in [0, 0.1) is 5.92 Å². The molecule has 0 spiro atoms. The van der Waals surface area contributed by atoms with Crippen LogP contribution >= 0.6 is 31.9 Å². The summed E-state index contributed by atoms with van der Waals surface area (Å²) in [5.41, 5.74) is 1.37. The number of hydrogen-bond acceptors (Lipinski definition) is 3. The second kappa shape index (κ2) is 7.58. The van der Waals surface area contributed by atoms with Crippen molar-refractivity contribution in [3.63, 3.8) is 0 Å². The fourth-order valence-electron chi connectivity index (χ4n) is 2.79. The zero-order valence-corrected chi connectivity index (χ0v) is 16.6. The third-order valence-electron chi connectivity index (χ3n) is 4.06. The standard InChI is InChI=1S/C18H16Br2N2O3/c1-25-16-5-3-2-4-15(16)22-10-11(8-17(22)23)18(24)21-14-7-6-12(19)9-13(14)20/h2-7,9,11H,8,10H2,1H3,(H,21,24). The number of anilines is 2. The number of ether oxygens (including phenoxy) is 1. The second-order valence-corrected chi connectivity index (χ2v) is 7.46. The maximum absolute atomic E-state index is 12.6. The quantitative estimate of drug-likeness (QED) is 0.732. The van der Waals surface area contributed by atoms with Gasteiger partial charge in [0.1, 0.15) is 5.75 Å². The zero-order chi connectivity index (χ0) is 18.0. The normalized spacial score (nSPS) is 16.8. The van der Waals surface area contributed by atoms with E-state index < -0.39 is 5.92 Å². The molecule has 0 radical (unpaired) electrons. The van der Waals surface area contributed by atoms with Gasteiger partial charge in [0.25, 0.3) is 0 Å². The molecule has 1 aliphatic heterocycles. The summed E-state index contributed by atoms with van der Waals surface area (Å²) in [5.74, 6) is -0.0474. The Labute approximate surface area is 162 Å². The molecule has 130 valence electrons. The average Bonchev–Trinajstić information content (AvgIpc) is 2.99. The molecule has 2 aromatic carbocycles. The monoisotopic (exact) mass is 466 g/mol. The highest BCUT2D eigenvalue weighted by Gasteiger charge is 2.36. The minimum Gasteiger partial charge on any atom is -0.495 e. The lowest BCUT2D eigenvalue weighted by Crippen LogP contribution is -2.28. The Balaban J connectivity index is 1.74. The van der Waals surface area contributed by atoms with Crippen molar-refractivity contribution in [2.45, 2.75) is 6.42 Å². The summed E-state index contributed by atoms with van der Waals surface area (Å²) in [6, 6.07) is 12.8. The molecule has 0 aromatic heterocycles. The number of para-hydroxylation sites is 2. The van der Waals surface area contributed by atoms with Gasteiger partial charge >= 0.3 is 0 Å². The number of amides is 2. The van der Waals surface area contributed by atoms with Crippen molar-refractivity contribution >= 4 is 55.0 Å². The van der Waals surface area contributed by atoms with Crippen LogP contribution in [0.15, 0.2) is 51.4 Å². The summed E-state index contributed by atoms with van der Waals surface area (Å²) in [6.45, 7) is 0.333. The van der Waals surface area contributed by atoms with Crippen molar-refractivity contribution in [3.05, 3.63) is 51.4 Å². The molecule has 1 heterocycles. The Bertz CT molecular complexity index is 826. The van der Waals surface area contributed by atoms with E-state index >= 15 is 0 Å². The van der Waals surface area contributed by atoms with Gasteiger partial charge in [0, 0.05) is 21.9 Å². The Morgan fingerprint density at radius 1 is 1.24 bits per heavy atom. The molecule has 5 nitrogen and oxygen atoms in total. The van der Waals surface area contributed by atoms with Crippen LogP contribution < -0.4 is 15.0 Å². The van der Waals surface area contributed by atoms with Crippen LogP contribution in [-0.4, -0.2) is 25.5 Å². The smallest absolute Gasteiger partial charge is 0.229 e. The molecule has 0 saturated carbocycles. The van der Waals surface area contributed by atoms with E-state index in [2.05, 4.69) is 37.2 Å². The number of methoxy groups -OCH3 is 1. The first-order valence-corrected chi connectivity index (χ1v) is 9.27. The second-order valence-electron chi connectivity index (χ2n) is 5.69. The van der Waals surface area contributed by atoms with Crippen LogP contribution in [0.4, 0.5) is 11.4 Å². The molecule has 0 aliphatic carbocycles. The van der Waals surface area contributed by atoms with Gasteiger partial charge in [0.2, 0.25) is 11.8 Å². The largest absolute Gasteiger partial charge is 0.495 e. The van der Waals surface area contributed by atoms with Gasteiger partial charge in [-0.1, -0.05) is 28.1 Å². The van der Waals surface area contributed by atoms with Crippen molar-refractivity contribution in [2.24, 2.45) is 5.92 Å². The van der Waals surface area contributed by atoms with Gasteiger partial charge in [-0.25, -0.2) is 0 Å². The lowest BCUT2D eigenvalue weighted by Gasteiger charge is -2.19. The van der Waals surface area contributed by atoms with E-state index in [-0.39, 0.29) is 18.2 Å². The highest BCUT2D eigenvalue weighted by Crippen LogP contribution is 2.33. The minimum absolute atomic E-state index is 0.0838. The summed E-state index contributed by atoms with van der Waals surface area (Å²) in [5, 5.41) is 2.88. The molecule has 1 N–H and O–H groups in total. The number of halogens is 2. The molecule has 1 unspecified atom stereocenters. The summed E-state index contributed by atoms with van der Waals surface area (Å²) >= 11 is 6.80. The number of benzene rings is 2. The van der Waals surface area contributed by atoms with Gasteiger partial charge in [-0.15, -0.1) is 0 Å². The van der Waals surface area contributed by atoms with Crippen LogP contribution in [0.3, 0.4) is 0 Å². The number of nitrogens with zero attached hydrogens (tertiary/aromatic N) is 1. The van der Waals surface area contributed by atoms with Gasteiger partial charge in [-0.3, -0.25) is 9.59 Å². The fraction of sp³-hybridized carbons (Fsp3) is 0.222. The summed E-state index contributed by atoms with van der Waals surface area (Å²) in [6.07, 6.45) is 0.179. The topological polar surface area (TPSA) is 58.6 Å². The number of rotatable bonds is 4. The van der Waals surface area contributed by atoms with Crippen LogP contribution in [0.2, 0.25) is 0 Å². The predicted molar refractivity (Wildman–Crippen MR) is 104 cm³/mol. The average molecular weight is 468 g/mol. The number of hydrogen-bond donors (Lipinski definition) is 1. The lowest BCUT2D eigenvalue weighted by atomic mass is 10.1.